The minimum absolute atomic E-state index is 0.147. The average Bonchev–Trinajstić information content (AvgIpc) is 2.49. The first kappa shape index (κ1) is 13.1. The molecule has 0 spiro atoms. The summed E-state index contributed by atoms with van der Waals surface area (Å²) in [6.07, 6.45) is 1.73. The van der Waals surface area contributed by atoms with Gasteiger partial charge in [0.15, 0.2) is 0 Å². The number of hydrogen-bond donors (Lipinski definition) is 1. The fourth-order valence-electron chi connectivity index (χ4n) is 2.18. The second kappa shape index (κ2) is 5.25. The number of hydrogen-bond acceptors (Lipinski definition) is 2. The maximum atomic E-state index is 13.0. The molecule has 0 amide bonds. The summed E-state index contributed by atoms with van der Waals surface area (Å²) in [7, 11) is 0. The zero-order valence-electron chi connectivity index (χ0n) is 11.2. The van der Waals surface area contributed by atoms with Crippen molar-refractivity contribution in [2.45, 2.75) is 0 Å². The number of nitrogens with zero attached hydrogens (tertiary/aromatic N) is 1. The first-order valence-corrected chi connectivity index (χ1v) is 6.48. The van der Waals surface area contributed by atoms with E-state index in [2.05, 4.69) is 0 Å². The molecular formula is C17H13FN2O. The van der Waals surface area contributed by atoms with E-state index in [4.69, 9.17) is 5.73 Å². The predicted octanol–water partition coefficient (Wildman–Crippen LogP) is 3.23. The molecule has 4 heteroatoms. The van der Waals surface area contributed by atoms with E-state index in [9.17, 15) is 9.18 Å². The van der Waals surface area contributed by atoms with E-state index in [0.717, 1.165) is 11.1 Å². The SMILES string of the molecule is Nc1cccc(-n2cc(-c3ccc(F)cc3)ccc2=O)c1. The Kier molecular flexibility index (Phi) is 3.28. The van der Waals surface area contributed by atoms with Crippen LogP contribution < -0.4 is 11.3 Å². The molecular weight excluding hydrogens is 267 g/mol. The van der Waals surface area contributed by atoms with Crippen LogP contribution in [0.4, 0.5) is 10.1 Å². The van der Waals surface area contributed by atoms with Crippen molar-refractivity contribution in [3.05, 3.63) is 83.0 Å². The Balaban J connectivity index is 2.12. The van der Waals surface area contributed by atoms with Crippen molar-refractivity contribution in [3.63, 3.8) is 0 Å². The van der Waals surface area contributed by atoms with Gasteiger partial charge in [-0.05, 0) is 47.5 Å². The molecule has 0 atom stereocenters. The summed E-state index contributed by atoms with van der Waals surface area (Å²) in [6.45, 7) is 0. The number of anilines is 1. The number of halogens is 1. The van der Waals surface area contributed by atoms with E-state index in [0.29, 0.717) is 11.4 Å². The van der Waals surface area contributed by atoms with E-state index in [1.165, 1.54) is 22.8 Å². The van der Waals surface area contributed by atoms with Crippen molar-refractivity contribution in [2.24, 2.45) is 0 Å². The largest absolute Gasteiger partial charge is 0.399 e. The Labute approximate surface area is 121 Å². The summed E-state index contributed by atoms with van der Waals surface area (Å²) < 4.78 is 14.5. The van der Waals surface area contributed by atoms with Gasteiger partial charge in [0, 0.05) is 18.0 Å². The van der Waals surface area contributed by atoms with Crippen LogP contribution in [0.15, 0.2) is 71.7 Å². The highest BCUT2D eigenvalue weighted by atomic mass is 19.1. The van der Waals surface area contributed by atoms with Crippen LogP contribution in [0, 0.1) is 5.82 Å². The Morgan fingerprint density at radius 3 is 2.33 bits per heavy atom. The number of pyridine rings is 1. The molecule has 21 heavy (non-hydrogen) atoms. The lowest BCUT2D eigenvalue weighted by Gasteiger charge is -2.09. The molecule has 104 valence electrons. The predicted molar refractivity (Wildman–Crippen MR) is 81.8 cm³/mol. The lowest BCUT2D eigenvalue weighted by atomic mass is 10.1. The summed E-state index contributed by atoms with van der Waals surface area (Å²) in [5.41, 5.74) is 8.57. The summed E-state index contributed by atoms with van der Waals surface area (Å²) in [4.78, 5) is 12.0. The van der Waals surface area contributed by atoms with E-state index in [1.807, 2.05) is 6.07 Å². The van der Waals surface area contributed by atoms with Gasteiger partial charge in [-0.1, -0.05) is 18.2 Å². The molecule has 0 fully saturated rings. The van der Waals surface area contributed by atoms with Crippen molar-refractivity contribution < 1.29 is 4.39 Å². The minimum Gasteiger partial charge on any atom is -0.399 e. The highest BCUT2D eigenvalue weighted by Crippen LogP contribution is 2.20. The third kappa shape index (κ3) is 2.69. The van der Waals surface area contributed by atoms with Crippen molar-refractivity contribution >= 4 is 5.69 Å². The molecule has 0 bridgehead atoms. The first-order chi connectivity index (χ1) is 10.1. The fraction of sp³-hybridized carbons (Fsp3) is 0. The quantitative estimate of drug-likeness (QED) is 0.733. The van der Waals surface area contributed by atoms with Crippen LogP contribution in [0.2, 0.25) is 0 Å². The maximum Gasteiger partial charge on any atom is 0.255 e. The van der Waals surface area contributed by atoms with Crippen molar-refractivity contribution in [3.8, 4) is 16.8 Å². The van der Waals surface area contributed by atoms with Crippen molar-refractivity contribution in [2.75, 3.05) is 5.73 Å². The molecule has 1 aromatic heterocycles. The van der Waals surface area contributed by atoms with Gasteiger partial charge in [0.1, 0.15) is 5.82 Å². The first-order valence-electron chi connectivity index (χ1n) is 6.48. The molecule has 0 aliphatic heterocycles. The zero-order valence-corrected chi connectivity index (χ0v) is 11.2. The molecule has 3 rings (SSSR count). The van der Waals surface area contributed by atoms with Gasteiger partial charge in [-0.25, -0.2) is 4.39 Å². The Hall–Kier alpha value is -2.88. The number of nitrogen functional groups attached to an aromatic ring is 1. The summed E-state index contributed by atoms with van der Waals surface area (Å²) >= 11 is 0. The van der Waals surface area contributed by atoms with E-state index in [-0.39, 0.29) is 11.4 Å². The fourth-order valence-corrected chi connectivity index (χ4v) is 2.18. The van der Waals surface area contributed by atoms with Gasteiger partial charge in [-0.2, -0.15) is 0 Å². The molecule has 0 aliphatic carbocycles. The Bertz CT molecular complexity index is 838. The molecule has 2 N–H and O–H groups in total. The molecule has 0 saturated carbocycles. The second-order valence-electron chi connectivity index (χ2n) is 4.73. The number of benzene rings is 2. The van der Waals surface area contributed by atoms with Gasteiger partial charge >= 0.3 is 0 Å². The van der Waals surface area contributed by atoms with Crippen LogP contribution in [-0.4, -0.2) is 4.57 Å². The monoisotopic (exact) mass is 280 g/mol. The highest BCUT2D eigenvalue weighted by Gasteiger charge is 2.04. The van der Waals surface area contributed by atoms with Crippen molar-refractivity contribution in [1.82, 2.24) is 4.57 Å². The molecule has 3 aromatic rings. The Morgan fingerprint density at radius 2 is 1.62 bits per heavy atom. The number of aromatic nitrogens is 1. The van der Waals surface area contributed by atoms with Gasteiger partial charge in [-0.3, -0.25) is 9.36 Å². The van der Waals surface area contributed by atoms with Gasteiger partial charge < -0.3 is 5.73 Å². The average molecular weight is 280 g/mol. The van der Waals surface area contributed by atoms with Crippen LogP contribution in [0.1, 0.15) is 0 Å². The third-order valence-electron chi connectivity index (χ3n) is 3.24. The van der Waals surface area contributed by atoms with E-state index in [1.54, 1.807) is 42.6 Å². The maximum absolute atomic E-state index is 13.0. The Morgan fingerprint density at radius 1 is 0.905 bits per heavy atom. The molecule has 0 unspecified atom stereocenters. The van der Waals surface area contributed by atoms with Gasteiger partial charge in [0.25, 0.3) is 5.56 Å². The van der Waals surface area contributed by atoms with E-state index < -0.39 is 0 Å². The molecule has 2 aromatic carbocycles. The highest BCUT2D eigenvalue weighted by molar-refractivity contribution is 5.63. The van der Waals surface area contributed by atoms with Gasteiger partial charge in [0.2, 0.25) is 0 Å². The van der Waals surface area contributed by atoms with Crippen molar-refractivity contribution in [1.29, 1.82) is 0 Å². The van der Waals surface area contributed by atoms with E-state index >= 15 is 0 Å². The van der Waals surface area contributed by atoms with Crippen LogP contribution >= 0.6 is 0 Å². The minimum atomic E-state index is -0.289. The summed E-state index contributed by atoms with van der Waals surface area (Å²) in [6, 6.07) is 16.5. The molecule has 3 nitrogen and oxygen atoms in total. The lowest BCUT2D eigenvalue weighted by molar-refractivity contribution is 0.628. The van der Waals surface area contributed by atoms with Crippen LogP contribution in [0.5, 0.6) is 0 Å². The summed E-state index contributed by atoms with van der Waals surface area (Å²) in [5, 5.41) is 0. The van der Waals surface area contributed by atoms with Crippen LogP contribution in [0.3, 0.4) is 0 Å². The lowest BCUT2D eigenvalue weighted by Crippen LogP contribution is -2.16. The normalized spacial score (nSPS) is 10.5. The smallest absolute Gasteiger partial charge is 0.255 e. The third-order valence-corrected chi connectivity index (χ3v) is 3.24. The molecule has 1 heterocycles. The molecule has 0 saturated heterocycles. The topological polar surface area (TPSA) is 48.0 Å². The van der Waals surface area contributed by atoms with Crippen LogP contribution in [0.25, 0.3) is 16.8 Å². The van der Waals surface area contributed by atoms with Crippen LogP contribution in [-0.2, 0) is 0 Å². The molecule has 0 radical (unpaired) electrons. The zero-order chi connectivity index (χ0) is 14.8. The second-order valence-corrected chi connectivity index (χ2v) is 4.73. The van der Waals surface area contributed by atoms with Gasteiger partial charge in [-0.15, -0.1) is 0 Å². The number of rotatable bonds is 2. The molecule has 0 aliphatic rings. The number of nitrogens with two attached hydrogens (primary N) is 1. The summed E-state index contributed by atoms with van der Waals surface area (Å²) in [5.74, 6) is -0.289. The van der Waals surface area contributed by atoms with Gasteiger partial charge in [0.05, 0.1) is 5.69 Å². The standard InChI is InChI=1S/C17H13FN2O/c18-14-7-4-12(5-8-14)13-6-9-17(21)20(11-13)16-3-1-2-15(19)10-16/h1-11H,19H2.